The van der Waals surface area contributed by atoms with Gasteiger partial charge in [0.05, 0.1) is 11.1 Å². The molecular formula is C22H23ClF2N4O3. The van der Waals surface area contributed by atoms with Gasteiger partial charge in [0.1, 0.15) is 29.4 Å². The second kappa shape index (κ2) is 9.28. The summed E-state index contributed by atoms with van der Waals surface area (Å²) in [5, 5.41) is 0.171. The van der Waals surface area contributed by atoms with E-state index in [1.807, 2.05) is 18.7 Å². The first-order valence-corrected chi connectivity index (χ1v) is 10.8. The van der Waals surface area contributed by atoms with E-state index in [-0.39, 0.29) is 47.0 Å². The fraction of sp³-hybridized carbons (Fsp3) is 0.409. The van der Waals surface area contributed by atoms with Crippen LogP contribution >= 0.6 is 11.6 Å². The van der Waals surface area contributed by atoms with E-state index in [1.54, 1.807) is 6.07 Å². The molecule has 1 saturated heterocycles. The van der Waals surface area contributed by atoms with Gasteiger partial charge in [-0.1, -0.05) is 31.5 Å². The molecule has 1 aliphatic heterocycles. The zero-order valence-corrected chi connectivity index (χ0v) is 18.5. The third-order valence-electron chi connectivity index (χ3n) is 5.31. The molecular weight excluding hydrogens is 442 g/mol. The fourth-order valence-electron chi connectivity index (χ4n) is 3.56. The number of amides is 1. The number of piperidine rings is 1. The lowest BCUT2D eigenvalue weighted by Gasteiger charge is -2.32. The van der Waals surface area contributed by atoms with Gasteiger partial charge in [0.2, 0.25) is 11.8 Å². The number of likely N-dealkylation sites (tertiary alicyclic amines) is 1. The van der Waals surface area contributed by atoms with Gasteiger partial charge in [0.15, 0.2) is 5.65 Å². The number of benzene rings is 1. The fourth-order valence-corrected chi connectivity index (χ4v) is 3.77. The molecule has 0 bridgehead atoms. The van der Waals surface area contributed by atoms with Crippen LogP contribution in [0.2, 0.25) is 5.02 Å². The number of nitrogens with one attached hydrogen (secondary N) is 1. The highest BCUT2D eigenvalue weighted by molar-refractivity contribution is 6.32. The van der Waals surface area contributed by atoms with E-state index in [0.29, 0.717) is 37.1 Å². The summed E-state index contributed by atoms with van der Waals surface area (Å²) >= 11 is 6.22. The SMILES string of the molecule is CC(C)C(=O)N1CCC(Oc2nc3nc(OCc4c(F)cccc4F)c(Cl)cc3[nH]2)CC1. The van der Waals surface area contributed by atoms with Crippen molar-refractivity contribution in [1.29, 1.82) is 0 Å². The van der Waals surface area contributed by atoms with Crippen molar-refractivity contribution in [2.75, 3.05) is 13.1 Å². The van der Waals surface area contributed by atoms with Crippen LogP contribution in [0.5, 0.6) is 11.9 Å². The average Bonchev–Trinajstić information content (AvgIpc) is 3.14. The smallest absolute Gasteiger partial charge is 0.296 e. The molecule has 1 amide bonds. The van der Waals surface area contributed by atoms with Crippen LogP contribution in [0.3, 0.4) is 0 Å². The summed E-state index contributed by atoms with van der Waals surface area (Å²) < 4.78 is 39.0. The van der Waals surface area contributed by atoms with Gasteiger partial charge in [-0.25, -0.2) is 8.78 Å². The molecule has 1 N–H and O–H groups in total. The maximum atomic E-state index is 13.8. The lowest BCUT2D eigenvalue weighted by molar-refractivity contribution is -0.136. The lowest BCUT2D eigenvalue weighted by atomic mass is 10.1. The zero-order chi connectivity index (χ0) is 22.8. The number of aromatic amines is 1. The van der Waals surface area contributed by atoms with Gasteiger partial charge >= 0.3 is 0 Å². The number of nitrogens with zero attached hydrogens (tertiary/aromatic N) is 3. The van der Waals surface area contributed by atoms with Crippen molar-refractivity contribution in [3.05, 3.63) is 46.5 Å². The summed E-state index contributed by atoms with van der Waals surface area (Å²) in [6.07, 6.45) is 1.32. The molecule has 3 heterocycles. The molecule has 1 fully saturated rings. The standard InChI is InChI=1S/C22H23ClF2N4O3/c1-12(2)21(30)29-8-6-13(7-9-29)32-22-26-18-10-15(23)20(27-19(18)28-22)31-11-14-16(24)4-3-5-17(14)25/h3-5,10,12-13H,6-9,11H2,1-2H3,(H,26,27,28). The van der Waals surface area contributed by atoms with Crippen molar-refractivity contribution < 1.29 is 23.0 Å². The van der Waals surface area contributed by atoms with Crippen molar-refractivity contribution in [2.45, 2.75) is 39.4 Å². The summed E-state index contributed by atoms with van der Waals surface area (Å²) in [5.74, 6) is -1.28. The van der Waals surface area contributed by atoms with Crippen LogP contribution in [0.1, 0.15) is 32.3 Å². The molecule has 0 spiro atoms. The second-order valence-electron chi connectivity index (χ2n) is 7.97. The molecule has 7 nitrogen and oxygen atoms in total. The van der Waals surface area contributed by atoms with Gasteiger partial charge < -0.3 is 19.4 Å². The molecule has 1 aromatic carbocycles. The Bertz CT molecular complexity index is 1110. The Labute approximate surface area is 188 Å². The van der Waals surface area contributed by atoms with E-state index in [2.05, 4.69) is 15.0 Å². The number of carbonyl (C=O) groups excluding carboxylic acids is 1. The maximum Gasteiger partial charge on any atom is 0.296 e. The number of hydrogen-bond donors (Lipinski definition) is 1. The molecule has 0 saturated carbocycles. The number of imidazole rings is 1. The Morgan fingerprint density at radius 3 is 2.59 bits per heavy atom. The number of carbonyl (C=O) groups is 1. The van der Waals surface area contributed by atoms with Gasteiger partial charge in [-0.15, -0.1) is 0 Å². The molecule has 0 unspecified atom stereocenters. The van der Waals surface area contributed by atoms with Crippen LogP contribution in [0, 0.1) is 17.6 Å². The number of hydrogen-bond acceptors (Lipinski definition) is 5. The van der Waals surface area contributed by atoms with E-state index >= 15 is 0 Å². The Morgan fingerprint density at radius 1 is 1.25 bits per heavy atom. The molecule has 3 aromatic rings. The molecule has 10 heteroatoms. The molecule has 0 atom stereocenters. The van der Waals surface area contributed by atoms with Gasteiger partial charge in [-0.05, 0) is 18.2 Å². The van der Waals surface area contributed by atoms with Crippen molar-refractivity contribution in [3.8, 4) is 11.9 Å². The highest BCUT2D eigenvalue weighted by Gasteiger charge is 2.26. The predicted octanol–water partition coefficient (Wildman–Crippen LogP) is 4.49. The first kappa shape index (κ1) is 22.3. The number of ether oxygens (including phenoxy) is 2. The van der Waals surface area contributed by atoms with Gasteiger partial charge in [0, 0.05) is 31.8 Å². The second-order valence-corrected chi connectivity index (χ2v) is 8.38. The number of H-pyrrole nitrogens is 1. The largest absolute Gasteiger partial charge is 0.471 e. The van der Waals surface area contributed by atoms with Crippen molar-refractivity contribution in [3.63, 3.8) is 0 Å². The van der Waals surface area contributed by atoms with Crippen LogP contribution < -0.4 is 9.47 Å². The van der Waals surface area contributed by atoms with Crippen molar-refractivity contribution in [1.82, 2.24) is 19.9 Å². The summed E-state index contributed by atoms with van der Waals surface area (Å²) in [4.78, 5) is 25.6. The predicted molar refractivity (Wildman–Crippen MR) is 115 cm³/mol. The summed E-state index contributed by atoms with van der Waals surface area (Å²) in [5.41, 5.74) is 0.640. The average molecular weight is 465 g/mol. The minimum absolute atomic E-state index is 0.0142. The molecule has 32 heavy (non-hydrogen) atoms. The van der Waals surface area contributed by atoms with Crippen LogP contribution in [-0.2, 0) is 11.4 Å². The Kier molecular flexibility index (Phi) is 6.45. The minimum atomic E-state index is -0.709. The van der Waals surface area contributed by atoms with Crippen LogP contribution in [0.4, 0.5) is 8.78 Å². The Balaban J connectivity index is 1.42. The highest BCUT2D eigenvalue weighted by Crippen LogP contribution is 2.29. The maximum absolute atomic E-state index is 13.8. The minimum Gasteiger partial charge on any atom is -0.471 e. The van der Waals surface area contributed by atoms with Crippen molar-refractivity contribution in [2.24, 2.45) is 5.92 Å². The lowest BCUT2D eigenvalue weighted by Crippen LogP contribution is -2.43. The van der Waals surface area contributed by atoms with Gasteiger partial charge in [0.25, 0.3) is 6.01 Å². The monoisotopic (exact) mass is 464 g/mol. The molecule has 2 aromatic heterocycles. The first-order valence-electron chi connectivity index (χ1n) is 10.4. The third kappa shape index (κ3) is 4.77. The topological polar surface area (TPSA) is 80.3 Å². The zero-order valence-electron chi connectivity index (χ0n) is 17.7. The van der Waals surface area contributed by atoms with Gasteiger partial charge in [-0.3, -0.25) is 4.79 Å². The highest BCUT2D eigenvalue weighted by atomic mass is 35.5. The Hall–Kier alpha value is -2.94. The summed E-state index contributed by atoms with van der Waals surface area (Å²) in [6.45, 7) is 4.69. The summed E-state index contributed by atoms with van der Waals surface area (Å²) in [7, 11) is 0. The van der Waals surface area contributed by atoms with E-state index in [0.717, 1.165) is 12.1 Å². The number of pyridine rings is 1. The first-order chi connectivity index (χ1) is 15.3. The van der Waals surface area contributed by atoms with Crippen LogP contribution in [0.25, 0.3) is 11.2 Å². The third-order valence-corrected chi connectivity index (χ3v) is 5.58. The molecule has 1 aliphatic rings. The van der Waals surface area contributed by atoms with Crippen molar-refractivity contribution >= 4 is 28.7 Å². The normalized spacial score (nSPS) is 14.9. The van der Waals surface area contributed by atoms with E-state index in [9.17, 15) is 13.6 Å². The number of halogens is 3. The van der Waals surface area contributed by atoms with E-state index in [1.165, 1.54) is 6.07 Å². The van der Waals surface area contributed by atoms with E-state index in [4.69, 9.17) is 21.1 Å². The number of rotatable bonds is 6. The van der Waals surface area contributed by atoms with Crippen LogP contribution in [-0.4, -0.2) is 45.0 Å². The summed E-state index contributed by atoms with van der Waals surface area (Å²) in [6, 6.07) is 5.44. The van der Waals surface area contributed by atoms with Crippen LogP contribution in [0.15, 0.2) is 24.3 Å². The van der Waals surface area contributed by atoms with Gasteiger partial charge in [-0.2, -0.15) is 9.97 Å². The quantitative estimate of drug-likeness (QED) is 0.581. The molecule has 170 valence electrons. The molecule has 0 aliphatic carbocycles. The number of fused-ring (bicyclic) bond motifs is 1. The van der Waals surface area contributed by atoms with E-state index < -0.39 is 11.6 Å². The molecule has 4 rings (SSSR count). The Morgan fingerprint density at radius 2 is 1.94 bits per heavy atom. The molecule has 0 radical (unpaired) electrons. The number of aromatic nitrogens is 3.